The zero-order valence-electron chi connectivity index (χ0n) is 21.0. The molecule has 0 spiro atoms. The summed E-state index contributed by atoms with van der Waals surface area (Å²) in [5, 5.41) is 4.12. The number of nitrogens with one attached hydrogen (secondary N) is 1. The van der Waals surface area contributed by atoms with Gasteiger partial charge in [-0.2, -0.15) is 0 Å². The fraction of sp³-hybridized carbons (Fsp3) is 0.345. The summed E-state index contributed by atoms with van der Waals surface area (Å²) in [6.07, 6.45) is 6.53. The van der Waals surface area contributed by atoms with Crippen LogP contribution in [-0.4, -0.2) is 58.9 Å². The smallest absolute Gasteiger partial charge is 0.255 e. The van der Waals surface area contributed by atoms with Crippen LogP contribution in [0.1, 0.15) is 41.6 Å². The van der Waals surface area contributed by atoms with Gasteiger partial charge in [0.05, 0.1) is 24.9 Å². The van der Waals surface area contributed by atoms with E-state index in [-0.39, 0.29) is 31.1 Å². The highest BCUT2D eigenvalue weighted by Crippen LogP contribution is 2.35. The van der Waals surface area contributed by atoms with Gasteiger partial charge in [0.2, 0.25) is 5.91 Å². The van der Waals surface area contributed by atoms with Gasteiger partial charge in [-0.3, -0.25) is 14.5 Å². The monoisotopic (exact) mass is 549 g/mol. The first-order chi connectivity index (χ1) is 18.5. The Bertz CT molecular complexity index is 1350. The second kappa shape index (κ2) is 10.6. The summed E-state index contributed by atoms with van der Waals surface area (Å²) >= 11 is 12.8. The van der Waals surface area contributed by atoms with E-state index in [1.54, 1.807) is 29.3 Å². The second-order valence-electron chi connectivity index (χ2n) is 10.1. The number of hydrogen-bond donors (Lipinski definition) is 1. The highest BCUT2D eigenvalue weighted by atomic mass is 35.5. The normalized spacial score (nSPS) is 19.5. The highest BCUT2D eigenvalue weighted by molar-refractivity contribution is 6.36. The Morgan fingerprint density at radius 2 is 1.71 bits per heavy atom. The van der Waals surface area contributed by atoms with Gasteiger partial charge in [0.1, 0.15) is 0 Å². The lowest BCUT2D eigenvalue weighted by molar-refractivity contribution is -0.117. The molecule has 38 heavy (non-hydrogen) atoms. The van der Waals surface area contributed by atoms with E-state index in [2.05, 4.69) is 15.2 Å². The average Bonchev–Trinajstić information content (AvgIpc) is 3.64. The molecular formula is C29H29Cl2N5O2. The first-order valence-electron chi connectivity index (χ1n) is 13.1. The molecule has 0 aliphatic carbocycles. The van der Waals surface area contributed by atoms with E-state index in [9.17, 15) is 9.59 Å². The molecule has 196 valence electrons. The van der Waals surface area contributed by atoms with Crippen molar-refractivity contribution in [3.05, 3.63) is 75.9 Å². The maximum Gasteiger partial charge on any atom is 0.255 e. The van der Waals surface area contributed by atoms with Crippen molar-refractivity contribution < 1.29 is 9.59 Å². The lowest BCUT2D eigenvalue weighted by Gasteiger charge is -2.32. The standard InChI is InChI=1S/C29H29Cl2N5O2/c30-23-5-3-6-24(31)22(23)18-36-25-15-21(16-32-28(25)33-17-27(36)37)19-8-10-20(11-9-19)29(38)35-14-4-7-26(35)34-12-1-2-13-34/h3,5-6,8-11,15-16,26H,1-2,4,7,12-14,17-18H2,(H,32,33). The number of likely N-dealkylation sites (tertiary alicyclic amines) is 2. The minimum atomic E-state index is -0.0912. The lowest BCUT2D eigenvalue weighted by atomic mass is 10.0. The molecule has 0 radical (unpaired) electrons. The number of fused-ring (bicyclic) bond motifs is 1. The van der Waals surface area contributed by atoms with Crippen LogP contribution < -0.4 is 10.2 Å². The molecule has 2 aromatic carbocycles. The van der Waals surface area contributed by atoms with Crippen LogP contribution in [0.25, 0.3) is 11.1 Å². The Kier molecular flexibility index (Phi) is 6.99. The predicted octanol–water partition coefficient (Wildman–Crippen LogP) is 5.67. The van der Waals surface area contributed by atoms with Crippen molar-refractivity contribution >= 4 is 46.5 Å². The van der Waals surface area contributed by atoms with Crippen molar-refractivity contribution in [3.63, 3.8) is 0 Å². The Balaban J connectivity index is 1.24. The van der Waals surface area contributed by atoms with Crippen LogP contribution in [0.3, 0.4) is 0 Å². The molecule has 4 heterocycles. The third kappa shape index (κ3) is 4.75. The fourth-order valence-corrected chi connectivity index (χ4v) is 6.25. The predicted molar refractivity (Wildman–Crippen MR) is 151 cm³/mol. The molecule has 1 aromatic heterocycles. The molecule has 1 atom stereocenters. The number of carbonyl (C=O) groups is 2. The molecule has 0 bridgehead atoms. The van der Waals surface area contributed by atoms with Gasteiger partial charge in [-0.25, -0.2) is 4.98 Å². The van der Waals surface area contributed by atoms with Crippen molar-refractivity contribution in [1.29, 1.82) is 0 Å². The van der Waals surface area contributed by atoms with Crippen LogP contribution >= 0.6 is 23.2 Å². The molecule has 1 N–H and O–H groups in total. The summed E-state index contributed by atoms with van der Waals surface area (Å²) in [6, 6.07) is 14.9. The largest absolute Gasteiger partial charge is 0.359 e. The number of benzene rings is 2. The van der Waals surface area contributed by atoms with Crippen molar-refractivity contribution in [2.75, 3.05) is 36.4 Å². The van der Waals surface area contributed by atoms with E-state index in [0.717, 1.165) is 43.6 Å². The van der Waals surface area contributed by atoms with Gasteiger partial charge in [-0.1, -0.05) is 41.4 Å². The molecule has 2 amide bonds. The van der Waals surface area contributed by atoms with Gasteiger partial charge in [0, 0.05) is 52.6 Å². The molecule has 0 saturated carbocycles. The van der Waals surface area contributed by atoms with E-state index in [0.29, 0.717) is 32.7 Å². The first-order valence-corrected chi connectivity index (χ1v) is 13.9. The van der Waals surface area contributed by atoms with Gasteiger partial charge in [-0.05, 0) is 61.6 Å². The number of carbonyl (C=O) groups excluding carboxylic acids is 2. The van der Waals surface area contributed by atoms with Crippen molar-refractivity contribution in [2.24, 2.45) is 0 Å². The topological polar surface area (TPSA) is 68.8 Å². The summed E-state index contributed by atoms with van der Waals surface area (Å²) in [6.45, 7) is 3.36. The minimum Gasteiger partial charge on any atom is -0.359 e. The van der Waals surface area contributed by atoms with Crippen LogP contribution in [0.5, 0.6) is 0 Å². The number of nitrogens with zero attached hydrogens (tertiary/aromatic N) is 4. The molecule has 3 aliphatic rings. The number of amides is 2. The summed E-state index contributed by atoms with van der Waals surface area (Å²) in [5.74, 6) is 0.629. The van der Waals surface area contributed by atoms with Gasteiger partial charge in [-0.15, -0.1) is 0 Å². The Labute approximate surface area is 232 Å². The van der Waals surface area contributed by atoms with Crippen LogP contribution in [0.2, 0.25) is 10.0 Å². The number of hydrogen-bond acceptors (Lipinski definition) is 5. The SMILES string of the molecule is O=C1CNc2ncc(-c3ccc(C(=O)N4CCCC4N4CCCC4)cc3)cc2N1Cc1c(Cl)cccc1Cl. The van der Waals surface area contributed by atoms with Crippen LogP contribution in [-0.2, 0) is 11.3 Å². The zero-order valence-corrected chi connectivity index (χ0v) is 22.5. The fourth-order valence-electron chi connectivity index (χ4n) is 5.73. The summed E-state index contributed by atoms with van der Waals surface area (Å²) in [7, 11) is 0. The minimum absolute atomic E-state index is 0.0899. The van der Waals surface area contributed by atoms with Crippen LogP contribution in [0.15, 0.2) is 54.7 Å². The van der Waals surface area contributed by atoms with Gasteiger partial charge < -0.3 is 15.1 Å². The maximum absolute atomic E-state index is 13.4. The van der Waals surface area contributed by atoms with E-state index < -0.39 is 0 Å². The molecule has 9 heteroatoms. The van der Waals surface area contributed by atoms with Crippen molar-refractivity contribution in [1.82, 2.24) is 14.8 Å². The number of rotatable bonds is 5. The number of anilines is 2. The number of aromatic nitrogens is 1. The quantitative estimate of drug-likeness (QED) is 0.443. The van der Waals surface area contributed by atoms with Crippen LogP contribution in [0.4, 0.5) is 11.5 Å². The third-order valence-electron chi connectivity index (χ3n) is 7.75. The molecule has 6 rings (SSSR count). The van der Waals surface area contributed by atoms with Crippen LogP contribution in [0, 0.1) is 0 Å². The number of halogens is 2. The molecule has 7 nitrogen and oxygen atoms in total. The molecule has 2 fully saturated rings. The molecule has 1 unspecified atom stereocenters. The van der Waals surface area contributed by atoms with E-state index in [4.69, 9.17) is 23.2 Å². The van der Waals surface area contributed by atoms with Gasteiger partial charge in [0.15, 0.2) is 5.82 Å². The lowest BCUT2D eigenvalue weighted by Crippen LogP contribution is -2.46. The maximum atomic E-state index is 13.4. The third-order valence-corrected chi connectivity index (χ3v) is 8.46. The van der Waals surface area contributed by atoms with Crippen molar-refractivity contribution in [3.8, 4) is 11.1 Å². The molecular weight excluding hydrogens is 521 g/mol. The molecule has 3 aromatic rings. The summed E-state index contributed by atoms with van der Waals surface area (Å²) in [5.41, 5.74) is 3.83. The van der Waals surface area contributed by atoms with Gasteiger partial charge in [0.25, 0.3) is 5.91 Å². The Morgan fingerprint density at radius 1 is 0.974 bits per heavy atom. The summed E-state index contributed by atoms with van der Waals surface area (Å²) < 4.78 is 0. The van der Waals surface area contributed by atoms with E-state index >= 15 is 0 Å². The van der Waals surface area contributed by atoms with E-state index in [1.165, 1.54) is 12.8 Å². The van der Waals surface area contributed by atoms with Crippen molar-refractivity contribution in [2.45, 2.75) is 38.4 Å². The highest BCUT2D eigenvalue weighted by Gasteiger charge is 2.34. The molecule has 3 aliphatic heterocycles. The Hall–Kier alpha value is -3.13. The zero-order chi connectivity index (χ0) is 26.2. The second-order valence-corrected chi connectivity index (χ2v) is 10.9. The summed E-state index contributed by atoms with van der Waals surface area (Å²) in [4.78, 5) is 37.0. The Morgan fingerprint density at radius 3 is 2.45 bits per heavy atom. The number of pyridine rings is 1. The first kappa shape index (κ1) is 25.2. The van der Waals surface area contributed by atoms with E-state index in [1.807, 2.05) is 35.2 Å². The van der Waals surface area contributed by atoms with Gasteiger partial charge >= 0.3 is 0 Å². The average molecular weight is 550 g/mol. The molecule has 2 saturated heterocycles.